The molecule has 1 rings (SSSR count). The van der Waals surface area contributed by atoms with Crippen LogP contribution in [0.3, 0.4) is 0 Å². The first-order chi connectivity index (χ1) is 5.04. The Hall–Kier alpha value is -0.470. The molecule has 0 aliphatic rings. The predicted molar refractivity (Wildman–Crippen MR) is 43.2 cm³/mol. The maximum Gasteiger partial charge on any atom is 0.0556 e. The van der Waals surface area contributed by atoms with Gasteiger partial charge in [0.05, 0.1) is 21.4 Å². The standard InChI is InChI=1S/C7H7Cl2NO/c1-3-5(8)7(11)6(9)4(2)10-3/h1-2H3,(H,10,11)/p-1. The molecule has 60 valence electrons. The average molecular weight is 191 g/mol. The minimum Gasteiger partial charge on any atom is -0.870 e. The van der Waals surface area contributed by atoms with E-state index in [0.717, 1.165) is 0 Å². The van der Waals surface area contributed by atoms with Crippen molar-refractivity contribution in [2.75, 3.05) is 0 Å². The Kier molecular flexibility index (Phi) is 2.25. The van der Waals surface area contributed by atoms with Gasteiger partial charge in [-0.3, -0.25) is 4.98 Å². The van der Waals surface area contributed by atoms with Gasteiger partial charge >= 0.3 is 0 Å². The monoisotopic (exact) mass is 190 g/mol. The Morgan fingerprint density at radius 2 is 1.45 bits per heavy atom. The molecule has 0 bridgehead atoms. The molecule has 0 amide bonds. The molecule has 0 fully saturated rings. The number of aryl methyl sites for hydroxylation is 2. The van der Waals surface area contributed by atoms with E-state index < -0.39 is 0 Å². The number of hydrogen-bond donors (Lipinski definition) is 0. The van der Waals surface area contributed by atoms with Gasteiger partial charge < -0.3 is 5.11 Å². The van der Waals surface area contributed by atoms with Crippen LogP contribution in [-0.4, -0.2) is 4.98 Å². The molecule has 2 nitrogen and oxygen atoms in total. The Balaban J connectivity index is 3.46. The summed E-state index contributed by atoms with van der Waals surface area (Å²) < 4.78 is 0. The highest BCUT2D eigenvalue weighted by molar-refractivity contribution is 6.37. The molecular weight excluding hydrogens is 185 g/mol. The Morgan fingerprint density at radius 1 is 1.09 bits per heavy atom. The molecule has 4 heteroatoms. The molecule has 0 atom stereocenters. The highest BCUT2D eigenvalue weighted by Gasteiger charge is 2.04. The van der Waals surface area contributed by atoms with Crippen LogP contribution in [0.1, 0.15) is 11.4 Å². The number of hydrogen-bond acceptors (Lipinski definition) is 2. The number of halogens is 2. The third-order valence-electron chi connectivity index (χ3n) is 1.37. The molecule has 0 radical (unpaired) electrons. The second-order valence-corrected chi connectivity index (χ2v) is 3.00. The van der Waals surface area contributed by atoms with Crippen LogP contribution in [-0.2, 0) is 0 Å². The van der Waals surface area contributed by atoms with Gasteiger partial charge in [0, 0.05) is 0 Å². The highest BCUT2D eigenvalue weighted by atomic mass is 35.5. The lowest BCUT2D eigenvalue weighted by Gasteiger charge is -2.13. The van der Waals surface area contributed by atoms with Crippen LogP contribution in [0, 0.1) is 13.8 Å². The van der Waals surface area contributed by atoms with E-state index in [1.807, 2.05) is 0 Å². The predicted octanol–water partition coefficient (Wildman–Crippen LogP) is 2.08. The van der Waals surface area contributed by atoms with E-state index in [-0.39, 0.29) is 15.8 Å². The lowest BCUT2D eigenvalue weighted by molar-refractivity contribution is -0.268. The van der Waals surface area contributed by atoms with Crippen molar-refractivity contribution < 1.29 is 5.11 Å². The molecule has 0 saturated carbocycles. The Morgan fingerprint density at radius 3 is 1.82 bits per heavy atom. The third kappa shape index (κ3) is 1.42. The zero-order chi connectivity index (χ0) is 8.59. The van der Waals surface area contributed by atoms with Crippen LogP contribution in [0.25, 0.3) is 0 Å². The van der Waals surface area contributed by atoms with E-state index in [1.54, 1.807) is 13.8 Å². The van der Waals surface area contributed by atoms with E-state index in [9.17, 15) is 5.11 Å². The Bertz CT molecular complexity index is 273. The lowest BCUT2D eigenvalue weighted by atomic mass is 10.3. The van der Waals surface area contributed by atoms with E-state index in [2.05, 4.69) is 4.98 Å². The summed E-state index contributed by atoms with van der Waals surface area (Å²) >= 11 is 11.2. The van der Waals surface area contributed by atoms with Crippen LogP contribution in [0.4, 0.5) is 0 Å². The van der Waals surface area contributed by atoms with Crippen molar-refractivity contribution in [3.63, 3.8) is 0 Å². The van der Waals surface area contributed by atoms with Crippen molar-refractivity contribution in [1.29, 1.82) is 0 Å². The van der Waals surface area contributed by atoms with Crippen molar-refractivity contribution in [2.24, 2.45) is 0 Å². The van der Waals surface area contributed by atoms with Gasteiger partial charge in [0.1, 0.15) is 0 Å². The van der Waals surface area contributed by atoms with Gasteiger partial charge in [0.25, 0.3) is 0 Å². The van der Waals surface area contributed by atoms with Crippen LogP contribution < -0.4 is 5.11 Å². The summed E-state index contributed by atoms with van der Waals surface area (Å²) in [4.78, 5) is 3.97. The lowest BCUT2D eigenvalue weighted by Crippen LogP contribution is -1.98. The quantitative estimate of drug-likeness (QED) is 0.629. The van der Waals surface area contributed by atoms with E-state index >= 15 is 0 Å². The third-order valence-corrected chi connectivity index (χ3v) is 2.26. The molecule has 1 aromatic heterocycles. The molecule has 0 aromatic carbocycles. The fourth-order valence-corrected chi connectivity index (χ4v) is 1.10. The fraction of sp³-hybridized carbons (Fsp3) is 0.286. The first-order valence-corrected chi connectivity index (χ1v) is 3.79. The number of pyridine rings is 1. The van der Waals surface area contributed by atoms with Gasteiger partial charge in [-0.15, -0.1) is 0 Å². The molecule has 0 N–H and O–H groups in total. The maximum absolute atomic E-state index is 11.1. The van der Waals surface area contributed by atoms with Crippen LogP contribution in [0.15, 0.2) is 0 Å². The molecule has 11 heavy (non-hydrogen) atoms. The first kappa shape index (κ1) is 8.62. The van der Waals surface area contributed by atoms with E-state index in [4.69, 9.17) is 23.2 Å². The van der Waals surface area contributed by atoms with E-state index in [0.29, 0.717) is 11.4 Å². The number of nitrogens with zero attached hydrogens (tertiary/aromatic N) is 1. The summed E-state index contributed by atoms with van der Waals surface area (Å²) in [6.45, 7) is 3.35. The zero-order valence-corrected chi connectivity index (χ0v) is 7.62. The molecule has 0 spiro atoms. The van der Waals surface area contributed by atoms with Gasteiger partial charge in [-0.25, -0.2) is 0 Å². The molecular formula is C7H6Cl2NO-. The molecule has 0 saturated heterocycles. The Labute approximate surface area is 74.8 Å². The van der Waals surface area contributed by atoms with E-state index in [1.165, 1.54) is 0 Å². The molecule has 0 aliphatic heterocycles. The van der Waals surface area contributed by atoms with Gasteiger partial charge in [0.15, 0.2) is 0 Å². The van der Waals surface area contributed by atoms with Crippen LogP contribution >= 0.6 is 23.2 Å². The normalized spacial score (nSPS) is 10.2. The largest absolute Gasteiger partial charge is 0.870 e. The molecule has 0 unspecified atom stereocenters. The topological polar surface area (TPSA) is 36.0 Å². The first-order valence-electron chi connectivity index (χ1n) is 3.03. The zero-order valence-electron chi connectivity index (χ0n) is 6.11. The van der Waals surface area contributed by atoms with Crippen molar-refractivity contribution in [3.05, 3.63) is 21.4 Å². The SMILES string of the molecule is Cc1nc(C)c(Cl)c([O-])c1Cl. The number of rotatable bonds is 0. The smallest absolute Gasteiger partial charge is 0.0556 e. The maximum atomic E-state index is 11.1. The van der Waals surface area contributed by atoms with Gasteiger partial charge in [-0.1, -0.05) is 29.0 Å². The van der Waals surface area contributed by atoms with Crippen molar-refractivity contribution >= 4 is 23.2 Å². The minimum atomic E-state index is -0.335. The summed E-state index contributed by atoms with van der Waals surface area (Å²) in [5.41, 5.74) is 1.05. The summed E-state index contributed by atoms with van der Waals surface area (Å²) in [5, 5.41) is 11.3. The molecule has 1 heterocycles. The van der Waals surface area contributed by atoms with Crippen molar-refractivity contribution in [1.82, 2.24) is 4.98 Å². The highest BCUT2D eigenvalue weighted by Crippen LogP contribution is 2.32. The second kappa shape index (κ2) is 2.88. The average Bonchev–Trinajstić information content (AvgIpc) is 1.97. The molecule has 1 aromatic rings. The van der Waals surface area contributed by atoms with Crippen molar-refractivity contribution in [2.45, 2.75) is 13.8 Å². The summed E-state index contributed by atoms with van der Waals surface area (Å²) in [6.07, 6.45) is 0. The van der Waals surface area contributed by atoms with Crippen molar-refractivity contribution in [3.8, 4) is 5.75 Å². The van der Waals surface area contributed by atoms with Crippen LogP contribution in [0.2, 0.25) is 10.0 Å². The van der Waals surface area contributed by atoms with Crippen LogP contribution in [0.5, 0.6) is 5.75 Å². The fourth-order valence-electron chi connectivity index (χ4n) is 0.775. The summed E-state index contributed by atoms with van der Waals surface area (Å²) in [5.74, 6) is -0.335. The van der Waals surface area contributed by atoms with Gasteiger partial charge in [-0.2, -0.15) is 0 Å². The van der Waals surface area contributed by atoms with Gasteiger partial charge in [-0.05, 0) is 13.8 Å². The summed E-state index contributed by atoms with van der Waals surface area (Å²) in [7, 11) is 0. The minimum absolute atomic E-state index is 0.112. The van der Waals surface area contributed by atoms with Gasteiger partial charge in [0.2, 0.25) is 0 Å². The second-order valence-electron chi connectivity index (χ2n) is 2.24. The summed E-state index contributed by atoms with van der Waals surface area (Å²) in [6, 6.07) is 0. The molecule has 0 aliphatic carbocycles. The number of aromatic nitrogens is 1.